The molecule has 7 heteroatoms. The summed E-state index contributed by atoms with van der Waals surface area (Å²) in [6, 6.07) is 9.28. The Morgan fingerprint density at radius 1 is 1.17 bits per heavy atom. The maximum Gasteiger partial charge on any atom is 0.324 e. The Hall–Kier alpha value is -2.41. The monoisotopic (exact) mass is 414 g/mol. The molecule has 0 aromatic heterocycles. The van der Waals surface area contributed by atoms with Crippen molar-refractivity contribution in [2.45, 2.75) is 45.6 Å². The van der Waals surface area contributed by atoms with Gasteiger partial charge in [0.25, 0.3) is 0 Å². The summed E-state index contributed by atoms with van der Waals surface area (Å²) in [6.45, 7) is 8.00. The number of carbonyl (C=O) groups excluding carboxylic acids is 3. The number of benzene rings is 1. The highest BCUT2D eigenvalue weighted by Gasteiger charge is 2.45. The molecule has 3 unspecified atom stereocenters. The van der Waals surface area contributed by atoms with Gasteiger partial charge in [-0.3, -0.25) is 14.5 Å². The number of nitrogens with zero attached hydrogens (tertiary/aromatic N) is 2. The molecule has 1 aliphatic heterocycles. The summed E-state index contributed by atoms with van der Waals surface area (Å²) in [5.41, 5.74) is 1.10. The molecule has 7 nitrogen and oxygen atoms in total. The van der Waals surface area contributed by atoms with Gasteiger partial charge in [-0.15, -0.1) is 0 Å². The van der Waals surface area contributed by atoms with Crippen LogP contribution in [0.25, 0.3) is 0 Å². The van der Waals surface area contributed by atoms with E-state index in [0.717, 1.165) is 25.2 Å². The maximum absolute atomic E-state index is 12.9. The van der Waals surface area contributed by atoms with Gasteiger partial charge in [0, 0.05) is 31.6 Å². The van der Waals surface area contributed by atoms with Crippen LogP contribution in [0.5, 0.6) is 0 Å². The number of rotatable bonds is 9. The molecular formula is C23H34N4O3. The Kier molecular flexibility index (Phi) is 7.85. The lowest BCUT2D eigenvalue weighted by molar-refractivity contribution is -0.139. The highest BCUT2D eigenvalue weighted by atomic mass is 16.2. The third kappa shape index (κ3) is 5.39. The second-order valence-electron chi connectivity index (χ2n) is 8.22. The van der Waals surface area contributed by atoms with Crippen LogP contribution in [-0.2, 0) is 16.0 Å². The van der Waals surface area contributed by atoms with Gasteiger partial charge >= 0.3 is 6.03 Å². The Morgan fingerprint density at radius 2 is 1.90 bits per heavy atom. The summed E-state index contributed by atoms with van der Waals surface area (Å²) in [7, 11) is 0. The fraction of sp³-hybridized carbons (Fsp3) is 0.609. The summed E-state index contributed by atoms with van der Waals surface area (Å²) < 4.78 is 0. The molecule has 3 rings (SSSR count). The highest BCUT2D eigenvalue weighted by molar-refractivity contribution is 5.99. The van der Waals surface area contributed by atoms with E-state index >= 15 is 0 Å². The van der Waals surface area contributed by atoms with Gasteiger partial charge in [0.15, 0.2) is 0 Å². The van der Waals surface area contributed by atoms with E-state index in [0.29, 0.717) is 38.8 Å². The molecule has 1 aromatic carbocycles. The lowest BCUT2D eigenvalue weighted by Gasteiger charge is -2.42. The van der Waals surface area contributed by atoms with Gasteiger partial charge in [-0.1, -0.05) is 44.2 Å². The molecule has 0 bridgehead atoms. The molecule has 30 heavy (non-hydrogen) atoms. The third-order valence-electron chi connectivity index (χ3n) is 6.45. The van der Waals surface area contributed by atoms with Crippen LogP contribution in [0, 0.1) is 11.8 Å². The van der Waals surface area contributed by atoms with Crippen LogP contribution in [0.2, 0.25) is 0 Å². The number of fused-ring (bicyclic) bond motifs is 1. The molecule has 1 heterocycles. The van der Waals surface area contributed by atoms with Gasteiger partial charge in [0.2, 0.25) is 11.8 Å². The highest BCUT2D eigenvalue weighted by Crippen LogP contribution is 2.33. The quantitative estimate of drug-likeness (QED) is 0.648. The molecule has 164 valence electrons. The number of urea groups is 1. The molecule has 2 N–H and O–H groups in total. The molecular weight excluding hydrogens is 380 g/mol. The number of carbonyl (C=O) groups is 3. The predicted octanol–water partition coefficient (Wildman–Crippen LogP) is 2.02. The number of imide groups is 1. The van der Waals surface area contributed by atoms with Crippen molar-refractivity contribution in [2.75, 3.05) is 32.7 Å². The normalized spacial score (nSPS) is 23.8. The van der Waals surface area contributed by atoms with E-state index in [9.17, 15) is 14.4 Å². The van der Waals surface area contributed by atoms with Gasteiger partial charge in [-0.25, -0.2) is 4.79 Å². The SMILES string of the molecule is CCN(CC)CCNC(=O)C1CCC2C(=O)N(CCc3ccccc3)C(=O)NC2C1. The third-order valence-corrected chi connectivity index (χ3v) is 6.45. The molecule has 2 fully saturated rings. The standard InChI is InChI=1S/C23H34N4O3/c1-3-26(4-2)15-13-24-21(28)18-10-11-19-20(16-18)25-23(30)27(22(19)29)14-12-17-8-6-5-7-9-17/h5-9,18-20H,3-4,10-16H2,1-2H3,(H,24,28)(H,25,30). The van der Waals surface area contributed by atoms with Crippen molar-refractivity contribution in [3.8, 4) is 0 Å². The summed E-state index contributed by atoms with van der Waals surface area (Å²) in [5.74, 6) is -0.431. The zero-order chi connectivity index (χ0) is 21.5. The van der Waals surface area contributed by atoms with Gasteiger partial charge in [0.1, 0.15) is 0 Å². The number of amides is 4. The average Bonchev–Trinajstić information content (AvgIpc) is 2.76. The number of likely N-dealkylation sites (N-methyl/N-ethyl adjacent to an activating group) is 1. The lowest BCUT2D eigenvalue weighted by atomic mass is 9.76. The second kappa shape index (κ2) is 10.6. The molecule has 0 radical (unpaired) electrons. The molecule has 2 aliphatic rings. The van der Waals surface area contributed by atoms with Crippen molar-refractivity contribution >= 4 is 17.8 Å². The van der Waals surface area contributed by atoms with Gasteiger partial charge in [0.05, 0.1) is 5.92 Å². The van der Waals surface area contributed by atoms with E-state index in [-0.39, 0.29) is 35.7 Å². The van der Waals surface area contributed by atoms with E-state index < -0.39 is 0 Å². The van der Waals surface area contributed by atoms with Crippen LogP contribution in [0.15, 0.2) is 30.3 Å². The van der Waals surface area contributed by atoms with Crippen LogP contribution in [0.1, 0.15) is 38.7 Å². The first kappa shape index (κ1) is 22.3. The molecule has 1 saturated heterocycles. The minimum atomic E-state index is -0.334. The first-order valence-electron chi connectivity index (χ1n) is 11.2. The van der Waals surface area contributed by atoms with Crippen LogP contribution < -0.4 is 10.6 Å². The maximum atomic E-state index is 12.9. The molecule has 1 aliphatic carbocycles. The zero-order valence-electron chi connectivity index (χ0n) is 18.1. The first-order valence-corrected chi connectivity index (χ1v) is 11.2. The number of hydrogen-bond acceptors (Lipinski definition) is 4. The van der Waals surface area contributed by atoms with Crippen LogP contribution in [0.3, 0.4) is 0 Å². The largest absolute Gasteiger partial charge is 0.355 e. The fourth-order valence-corrected chi connectivity index (χ4v) is 4.52. The average molecular weight is 415 g/mol. The minimum Gasteiger partial charge on any atom is -0.355 e. The Balaban J connectivity index is 1.50. The molecule has 1 aromatic rings. The van der Waals surface area contributed by atoms with Crippen molar-refractivity contribution in [1.82, 2.24) is 20.4 Å². The van der Waals surface area contributed by atoms with Crippen molar-refractivity contribution in [1.29, 1.82) is 0 Å². The van der Waals surface area contributed by atoms with E-state index in [2.05, 4.69) is 29.4 Å². The molecule has 0 spiro atoms. The van der Waals surface area contributed by atoms with Crippen LogP contribution in [-0.4, -0.2) is 66.4 Å². The Bertz CT molecular complexity index is 735. The van der Waals surface area contributed by atoms with E-state index in [4.69, 9.17) is 0 Å². The summed E-state index contributed by atoms with van der Waals surface area (Å²) in [4.78, 5) is 41.7. The zero-order valence-corrected chi connectivity index (χ0v) is 18.1. The fourth-order valence-electron chi connectivity index (χ4n) is 4.52. The van der Waals surface area contributed by atoms with Crippen LogP contribution >= 0.6 is 0 Å². The van der Waals surface area contributed by atoms with E-state index in [1.54, 1.807) is 0 Å². The lowest BCUT2D eigenvalue weighted by Crippen LogP contribution is -2.62. The molecule has 1 saturated carbocycles. The summed E-state index contributed by atoms with van der Waals surface area (Å²) >= 11 is 0. The number of hydrogen-bond donors (Lipinski definition) is 2. The summed E-state index contributed by atoms with van der Waals surface area (Å²) in [6.07, 6.45) is 2.51. The Labute approximate surface area is 179 Å². The van der Waals surface area contributed by atoms with E-state index in [1.807, 2.05) is 30.3 Å². The van der Waals surface area contributed by atoms with Crippen LogP contribution in [0.4, 0.5) is 4.79 Å². The van der Waals surface area contributed by atoms with Gasteiger partial charge < -0.3 is 15.5 Å². The smallest absolute Gasteiger partial charge is 0.324 e. The van der Waals surface area contributed by atoms with Crippen molar-refractivity contribution in [2.24, 2.45) is 11.8 Å². The topological polar surface area (TPSA) is 81.8 Å². The first-order chi connectivity index (χ1) is 14.5. The van der Waals surface area contributed by atoms with Gasteiger partial charge in [-0.05, 0) is 44.3 Å². The second-order valence-corrected chi connectivity index (χ2v) is 8.22. The van der Waals surface area contributed by atoms with E-state index in [1.165, 1.54) is 4.90 Å². The van der Waals surface area contributed by atoms with Crippen molar-refractivity contribution < 1.29 is 14.4 Å². The molecule has 3 atom stereocenters. The van der Waals surface area contributed by atoms with Gasteiger partial charge in [-0.2, -0.15) is 0 Å². The predicted molar refractivity (Wildman–Crippen MR) is 116 cm³/mol. The summed E-state index contributed by atoms with van der Waals surface area (Å²) in [5, 5.41) is 6.02. The Morgan fingerprint density at radius 3 is 2.60 bits per heavy atom. The number of nitrogens with one attached hydrogen (secondary N) is 2. The van der Waals surface area contributed by atoms with Crippen molar-refractivity contribution in [3.05, 3.63) is 35.9 Å². The molecule has 4 amide bonds. The minimum absolute atomic E-state index is 0.0359. The van der Waals surface area contributed by atoms with Crippen molar-refractivity contribution in [3.63, 3.8) is 0 Å².